The van der Waals surface area contributed by atoms with E-state index in [1.165, 1.54) is 4.90 Å². The number of amides is 2. The van der Waals surface area contributed by atoms with Crippen molar-refractivity contribution in [3.05, 3.63) is 30.3 Å². The maximum Gasteiger partial charge on any atom is 0.326 e. The van der Waals surface area contributed by atoms with Crippen molar-refractivity contribution in [1.29, 1.82) is 0 Å². The van der Waals surface area contributed by atoms with Crippen LogP contribution >= 0.6 is 0 Å². The van der Waals surface area contributed by atoms with Crippen LogP contribution in [-0.2, 0) is 4.79 Å². The SMILES string of the molecule is CCC(C)[C@H](NC(=O)N(C)c1ccccc1)C(=O)O. The van der Waals surface area contributed by atoms with Gasteiger partial charge in [0.05, 0.1) is 0 Å². The summed E-state index contributed by atoms with van der Waals surface area (Å²) in [6.07, 6.45) is 0.687. The number of urea groups is 1. The number of rotatable bonds is 5. The second-order valence-corrected chi connectivity index (χ2v) is 4.55. The maximum atomic E-state index is 12.0. The Morgan fingerprint density at radius 2 is 1.89 bits per heavy atom. The fraction of sp³-hybridized carbons (Fsp3) is 0.429. The Labute approximate surface area is 113 Å². The van der Waals surface area contributed by atoms with E-state index in [1.54, 1.807) is 19.2 Å². The van der Waals surface area contributed by atoms with Gasteiger partial charge in [0, 0.05) is 12.7 Å². The van der Waals surface area contributed by atoms with Gasteiger partial charge in [-0.05, 0) is 18.1 Å². The first kappa shape index (κ1) is 15.0. The van der Waals surface area contributed by atoms with E-state index in [9.17, 15) is 9.59 Å². The molecule has 0 saturated heterocycles. The number of benzene rings is 1. The molecular formula is C14H20N2O3. The van der Waals surface area contributed by atoms with Gasteiger partial charge in [0.25, 0.3) is 0 Å². The summed E-state index contributed by atoms with van der Waals surface area (Å²) in [5.74, 6) is -1.13. The summed E-state index contributed by atoms with van der Waals surface area (Å²) < 4.78 is 0. The molecule has 2 atom stereocenters. The van der Waals surface area contributed by atoms with Crippen LogP contribution in [0, 0.1) is 5.92 Å². The summed E-state index contributed by atoms with van der Waals surface area (Å²) in [6, 6.07) is 7.79. The molecule has 5 nitrogen and oxygen atoms in total. The van der Waals surface area contributed by atoms with E-state index >= 15 is 0 Å². The molecule has 0 spiro atoms. The van der Waals surface area contributed by atoms with Crippen LogP contribution in [0.2, 0.25) is 0 Å². The zero-order valence-corrected chi connectivity index (χ0v) is 11.5. The van der Waals surface area contributed by atoms with Crippen molar-refractivity contribution in [2.24, 2.45) is 5.92 Å². The first-order chi connectivity index (χ1) is 8.97. The number of carboxylic acids is 1. The minimum absolute atomic E-state index is 0.120. The van der Waals surface area contributed by atoms with Gasteiger partial charge in [-0.15, -0.1) is 0 Å². The Morgan fingerprint density at radius 1 is 1.32 bits per heavy atom. The Hall–Kier alpha value is -2.04. The number of nitrogens with zero attached hydrogens (tertiary/aromatic N) is 1. The fourth-order valence-corrected chi connectivity index (χ4v) is 1.68. The van der Waals surface area contributed by atoms with Crippen molar-refractivity contribution >= 4 is 17.7 Å². The topological polar surface area (TPSA) is 69.6 Å². The summed E-state index contributed by atoms with van der Waals surface area (Å²) in [4.78, 5) is 24.6. The molecule has 2 N–H and O–H groups in total. The minimum atomic E-state index is -1.01. The smallest absolute Gasteiger partial charge is 0.326 e. The lowest BCUT2D eigenvalue weighted by atomic mass is 9.99. The van der Waals surface area contributed by atoms with Crippen molar-refractivity contribution < 1.29 is 14.7 Å². The molecule has 0 fully saturated rings. The summed E-state index contributed by atoms with van der Waals surface area (Å²) in [5.41, 5.74) is 0.716. The Morgan fingerprint density at radius 3 is 2.37 bits per heavy atom. The van der Waals surface area contributed by atoms with Crippen LogP contribution in [-0.4, -0.2) is 30.2 Å². The highest BCUT2D eigenvalue weighted by atomic mass is 16.4. The molecule has 0 aliphatic heterocycles. The van der Waals surface area contributed by atoms with Crippen LogP contribution in [0.25, 0.3) is 0 Å². The highest BCUT2D eigenvalue weighted by molar-refractivity contribution is 5.94. The van der Waals surface area contributed by atoms with E-state index in [0.717, 1.165) is 0 Å². The van der Waals surface area contributed by atoms with Crippen LogP contribution in [0.5, 0.6) is 0 Å². The number of nitrogens with one attached hydrogen (secondary N) is 1. The third-order valence-electron chi connectivity index (χ3n) is 3.21. The van der Waals surface area contributed by atoms with E-state index in [0.29, 0.717) is 12.1 Å². The molecule has 5 heteroatoms. The molecule has 1 aromatic carbocycles. The summed E-state index contributed by atoms with van der Waals surface area (Å²) in [5, 5.41) is 11.7. The molecule has 1 rings (SSSR count). The van der Waals surface area contributed by atoms with Crippen molar-refractivity contribution in [3.8, 4) is 0 Å². The standard InChI is InChI=1S/C14H20N2O3/c1-4-10(2)12(13(17)18)15-14(19)16(3)11-8-6-5-7-9-11/h5-10,12H,4H2,1-3H3,(H,15,19)(H,17,18)/t10?,12-/m0/s1. The molecule has 2 amide bonds. The fourth-order valence-electron chi connectivity index (χ4n) is 1.68. The number of carboxylic acid groups (broad SMARTS) is 1. The van der Waals surface area contributed by atoms with Gasteiger partial charge < -0.3 is 10.4 Å². The lowest BCUT2D eigenvalue weighted by Gasteiger charge is -2.24. The highest BCUT2D eigenvalue weighted by Crippen LogP contribution is 2.13. The molecule has 0 heterocycles. The molecule has 0 bridgehead atoms. The molecule has 104 valence electrons. The monoisotopic (exact) mass is 264 g/mol. The minimum Gasteiger partial charge on any atom is -0.480 e. The van der Waals surface area contributed by atoms with E-state index in [1.807, 2.05) is 32.0 Å². The average molecular weight is 264 g/mol. The van der Waals surface area contributed by atoms with Crippen LogP contribution < -0.4 is 10.2 Å². The van der Waals surface area contributed by atoms with Crippen molar-refractivity contribution in [3.63, 3.8) is 0 Å². The maximum absolute atomic E-state index is 12.0. The quantitative estimate of drug-likeness (QED) is 0.857. The highest BCUT2D eigenvalue weighted by Gasteiger charge is 2.26. The molecular weight excluding hydrogens is 244 g/mol. The molecule has 19 heavy (non-hydrogen) atoms. The van der Waals surface area contributed by atoms with Gasteiger partial charge in [-0.3, -0.25) is 4.90 Å². The molecule has 1 unspecified atom stereocenters. The number of anilines is 1. The number of carbonyl (C=O) groups excluding carboxylic acids is 1. The van der Waals surface area contributed by atoms with Gasteiger partial charge >= 0.3 is 12.0 Å². The van der Waals surface area contributed by atoms with Gasteiger partial charge in [0.2, 0.25) is 0 Å². The molecule has 0 aliphatic carbocycles. The van der Waals surface area contributed by atoms with Gasteiger partial charge in [0.1, 0.15) is 6.04 Å². The second-order valence-electron chi connectivity index (χ2n) is 4.55. The van der Waals surface area contributed by atoms with Crippen molar-refractivity contribution in [2.45, 2.75) is 26.3 Å². The van der Waals surface area contributed by atoms with Gasteiger partial charge in [-0.2, -0.15) is 0 Å². The van der Waals surface area contributed by atoms with Crippen LogP contribution in [0.15, 0.2) is 30.3 Å². The first-order valence-electron chi connectivity index (χ1n) is 6.29. The third-order valence-corrected chi connectivity index (χ3v) is 3.21. The van der Waals surface area contributed by atoms with Gasteiger partial charge in [-0.1, -0.05) is 38.5 Å². The Kier molecular flexibility index (Phi) is 5.36. The van der Waals surface area contributed by atoms with Crippen molar-refractivity contribution in [2.75, 3.05) is 11.9 Å². The summed E-state index contributed by atoms with van der Waals surface area (Å²) in [7, 11) is 1.61. The summed E-state index contributed by atoms with van der Waals surface area (Å²) >= 11 is 0. The number of hydrogen-bond acceptors (Lipinski definition) is 2. The van der Waals surface area contributed by atoms with Crippen LogP contribution in [0.1, 0.15) is 20.3 Å². The number of hydrogen-bond donors (Lipinski definition) is 2. The van der Waals surface area contributed by atoms with Crippen molar-refractivity contribution in [1.82, 2.24) is 5.32 Å². The lowest BCUT2D eigenvalue weighted by molar-refractivity contribution is -0.140. The normalized spacial score (nSPS) is 13.4. The zero-order chi connectivity index (χ0) is 14.4. The predicted octanol–water partition coefficient (Wildman–Crippen LogP) is 2.33. The number of carbonyl (C=O) groups is 2. The lowest BCUT2D eigenvalue weighted by Crippen LogP contribution is -2.49. The van der Waals surface area contributed by atoms with E-state index < -0.39 is 18.0 Å². The Balaban J connectivity index is 2.75. The number of aliphatic carboxylic acids is 1. The van der Waals surface area contributed by atoms with Gasteiger partial charge in [-0.25, -0.2) is 9.59 Å². The predicted molar refractivity (Wildman–Crippen MR) is 74.3 cm³/mol. The third kappa shape index (κ3) is 3.98. The van der Waals surface area contributed by atoms with Gasteiger partial charge in [0.15, 0.2) is 0 Å². The molecule has 0 saturated carbocycles. The largest absolute Gasteiger partial charge is 0.480 e. The molecule has 0 aromatic heterocycles. The number of para-hydroxylation sites is 1. The first-order valence-corrected chi connectivity index (χ1v) is 6.29. The van der Waals surface area contributed by atoms with Crippen LogP contribution in [0.3, 0.4) is 0 Å². The van der Waals surface area contributed by atoms with E-state index in [-0.39, 0.29) is 5.92 Å². The molecule has 0 aliphatic rings. The molecule has 0 radical (unpaired) electrons. The zero-order valence-electron chi connectivity index (χ0n) is 11.5. The Bertz CT molecular complexity index is 434. The van der Waals surface area contributed by atoms with Crippen LogP contribution in [0.4, 0.5) is 10.5 Å². The van der Waals surface area contributed by atoms with E-state index in [4.69, 9.17) is 5.11 Å². The average Bonchev–Trinajstić information content (AvgIpc) is 2.43. The second kappa shape index (κ2) is 6.78. The van der Waals surface area contributed by atoms with E-state index in [2.05, 4.69) is 5.32 Å². The molecule has 1 aromatic rings. The summed E-state index contributed by atoms with van der Waals surface area (Å²) in [6.45, 7) is 3.70.